The van der Waals surface area contributed by atoms with E-state index in [1.807, 2.05) is 23.9 Å². The van der Waals surface area contributed by atoms with E-state index in [1.54, 1.807) is 26.4 Å². The first-order chi connectivity index (χ1) is 23.3. The molecule has 1 aromatic heterocycles. The number of thioether (sulfide) groups is 1. The Hall–Kier alpha value is -3.61. The molecule has 0 bridgehead atoms. The monoisotopic (exact) mass is 682 g/mol. The van der Waals surface area contributed by atoms with Crippen LogP contribution >= 0.6 is 11.8 Å². The summed E-state index contributed by atoms with van der Waals surface area (Å²) in [5.41, 5.74) is 3.83. The Morgan fingerprint density at radius 2 is 1.62 bits per heavy atom. The Kier molecular flexibility index (Phi) is 10.6. The Bertz CT molecular complexity index is 1590. The van der Waals surface area contributed by atoms with E-state index in [2.05, 4.69) is 16.0 Å². The fourth-order valence-corrected chi connectivity index (χ4v) is 8.20. The molecular weight excluding hydrogens is 636 g/mol. The van der Waals surface area contributed by atoms with Crippen molar-refractivity contribution in [1.82, 2.24) is 9.88 Å². The summed E-state index contributed by atoms with van der Waals surface area (Å²) in [5, 5.41) is 1.21. The molecule has 6 atom stereocenters. The van der Waals surface area contributed by atoms with Gasteiger partial charge in [-0.1, -0.05) is 0 Å². The number of nitrogens with zero attached hydrogens (tertiary/aromatic N) is 1. The number of ether oxygens (including phenoxy) is 7. The number of rotatable bonds is 8. The number of carbonyl (C=O) groups excluding carboxylic acids is 2. The molecule has 4 aliphatic rings. The first kappa shape index (κ1) is 34.3. The van der Waals surface area contributed by atoms with Gasteiger partial charge in [0.15, 0.2) is 11.5 Å². The van der Waals surface area contributed by atoms with E-state index in [1.165, 1.54) is 63.0 Å². The predicted molar refractivity (Wildman–Crippen MR) is 183 cm³/mol. The largest absolute Gasteiger partial charge is 0.497 e. The molecule has 48 heavy (non-hydrogen) atoms. The number of aromatic nitrogens is 1. The highest BCUT2D eigenvalue weighted by atomic mass is 32.2. The maximum atomic E-state index is 13.5. The molecule has 2 aromatic carbocycles. The average Bonchev–Trinajstić information content (AvgIpc) is 3.46. The molecule has 260 valence electrons. The van der Waals surface area contributed by atoms with E-state index in [9.17, 15) is 9.59 Å². The molecule has 3 aromatic rings. The summed E-state index contributed by atoms with van der Waals surface area (Å²) in [6.07, 6.45) is 2.38. The Balaban J connectivity index is 0.000000934. The first-order valence-corrected chi connectivity index (χ1v) is 17.6. The summed E-state index contributed by atoms with van der Waals surface area (Å²) in [5.74, 6) is 3.27. The number of benzene rings is 2. The highest BCUT2D eigenvalue weighted by molar-refractivity contribution is 8.00. The van der Waals surface area contributed by atoms with Crippen LogP contribution in [0.4, 0.5) is 0 Å². The summed E-state index contributed by atoms with van der Waals surface area (Å²) < 4.78 is 39.1. The molecule has 7 rings (SSSR count). The van der Waals surface area contributed by atoms with Gasteiger partial charge >= 0.3 is 11.9 Å². The number of hydrogen-bond acceptors (Lipinski definition) is 11. The lowest BCUT2D eigenvalue weighted by Crippen LogP contribution is -2.58. The van der Waals surface area contributed by atoms with Crippen LogP contribution in [0.3, 0.4) is 0 Å². The van der Waals surface area contributed by atoms with Gasteiger partial charge in [-0.15, -0.1) is 0 Å². The van der Waals surface area contributed by atoms with Gasteiger partial charge in [0.1, 0.15) is 18.0 Å². The molecule has 2 saturated heterocycles. The van der Waals surface area contributed by atoms with Crippen molar-refractivity contribution in [3.63, 3.8) is 0 Å². The molecule has 1 N–H and O–H groups in total. The molecule has 11 nitrogen and oxygen atoms in total. The lowest BCUT2D eigenvalue weighted by molar-refractivity contribution is -0.176. The molecule has 0 radical (unpaired) electrons. The van der Waals surface area contributed by atoms with Crippen molar-refractivity contribution in [2.45, 2.75) is 43.9 Å². The lowest BCUT2D eigenvalue weighted by atomic mass is 9.63. The minimum Gasteiger partial charge on any atom is -0.497 e. The van der Waals surface area contributed by atoms with Crippen molar-refractivity contribution in [3.05, 3.63) is 47.2 Å². The van der Waals surface area contributed by atoms with Gasteiger partial charge in [0.05, 0.1) is 53.1 Å². The Labute approximate surface area is 285 Å². The molecule has 3 aliphatic heterocycles. The maximum absolute atomic E-state index is 13.5. The van der Waals surface area contributed by atoms with Crippen LogP contribution < -0.4 is 18.9 Å². The number of aromatic amines is 1. The smallest absolute Gasteiger partial charge is 0.338 e. The summed E-state index contributed by atoms with van der Waals surface area (Å²) in [7, 11) is 9.10. The summed E-state index contributed by atoms with van der Waals surface area (Å²) in [6, 6.07) is 9.40. The van der Waals surface area contributed by atoms with Crippen molar-refractivity contribution in [2.24, 2.45) is 17.8 Å². The highest BCUT2D eigenvalue weighted by Gasteiger charge is 2.54. The molecule has 4 heterocycles. The van der Waals surface area contributed by atoms with Crippen molar-refractivity contribution in [3.8, 4) is 23.0 Å². The number of nitrogens with one attached hydrogen (secondary N) is 1. The minimum atomic E-state index is -0.670. The van der Waals surface area contributed by atoms with E-state index < -0.39 is 24.1 Å². The number of methoxy groups -OCH3 is 6. The molecule has 0 spiro atoms. The summed E-state index contributed by atoms with van der Waals surface area (Å²) in [6.45, 7) is 1.68. The summed E-state index contributed by atoms with van der Waals surface area (Å²) >= 11 is 2.04. The third kappa shape index (κ3) is 6.42. The normalized spacial score (nSPS) is 26.0. The van der Waals surface area contributed by atoms with Crippen molar-refractivity contribution >= 4 is 34.6 Å². The number of piperidine rings is 1. The number of hydrogen-bond donors (Lipinski definition) is 1. The zero-order valence-electron chi connectivity index (χ0n) is 28.5. The predicted octanol–water partition coefficient (Wildman–Crippen LogP) is 5.29. The van der Waals surface area contributed by atoms with Crippen molar-refractivity contribution < 1.29 is 42.7 Å². The van der Waals surface area contributed by atoms with Crippen LogP contribution in [0, 0.1) is 17.8 Å². The second kappa shape index (κ2) is 14.9. The van der Waals surface area contributed by atoms with E-state index >= 15 is 0 Å². The van der Waals surface area contributed by atoms with Crippen LogP contribution in [0.1, 0.15) is 46.9 Å². The maximum Gasteiger partial charge on any atom is 0.338 e. The summed E-state index contributed by atoms with van der Waals surface area (Å²) in [4.78, 5) is 33.1. The SMILES string of the molecule is C1CSC1.COC(=O)[C@H]1[C@H]2C[C@@H]3c4[nH]c5cc(OC)ccc5c4CCN3C[C@H]2C[C@@H](OC(=O)c2cc(OC)c(OC)c(OC)c2)[C@@H]1OC. The topological polar surface area (TPSA) is 118 Å². The highest BCUT2D eigenvalue weighted by Crippen LogP contribution is 2.51. The number of carbonyl (C=O) groups is 2. The second-order valence-corrected chi connectivity index (χ2v) is 13.9. The number of esters is 2. The van der Waals surface area contributed by atoms with Gasteiger partial charge in [0.25, 0.3) is 0 Å². The molecule has 0 unspecified atom stereocenters. The van der Waals surface area contributed by atoms with Gasteiger partial charge in [-0.2, -0.15) is 11.8 Å². The van der Waals surface area contributed by atoms with Gasteiger partial charge in [0, 0.05) is 42.9 Å². The third-order valence-electron chi connectivity index (χ3n) is 10.3. The van der Waals surface area contributed by atoms with E-state index in [0.717, 1.165) is 37.2 Å². The van der Waals surface area contributed by atoms with Crippen LogP contribution in [-0.2, 0) is 25.4 Å². The van der Waals surface area contributed by atoms with Gasteiger partial charge in [-0.05, 0) is 78.9 Å². The first-order valence-electron chi connectivity index (χ1n) is 16.5. The van der Waals surface area contributed by atoms with Crippen molar-refractivity contribution in [1.29, 1.82) is 0 Å². The zero-order chi connectivity index (χ0) is 33.9. The molecule has 3 fully saturated rings. The Morgan fingerprint density at radius 3 is 2.21 bits per heavy atom. The van der Waals surface area contributed by atoms with Crippen LogP contribution in [0.25, 0.3) is 10.9 Å². The Morgan fingerprint density at radius 1 is 0.917 bits per heavy atom. The van der Waals surface area contributed by atoms with Crippen LogP contribution in [0.5, 0.6) is 23.0 Å². The van der Waals surface area contributed by atoms with E-state index in [-0.39, 0.29) is 29.4 Å². The number of fused-ring (bicyclic) bond motifs is 6. The van der Waals surface area contributed by atoms with E-state index in [4.69, 9.17) is 33.2 Å². The second-order valence-electron chi connectivity index (χ2n) is 12.7. The zero-order valence-corrected chi connectivity index (χ0v) is 29.4. The van der Waals surface area contributed by atoms with Crippen LogP contribution in [0.15, 0.2) is 30.3 Å². The van der Waals surface area contributed by atoms with E-state index in [0.29, 0.717) is 23.7 Å². The standard InChI is InChI=1S/C33H40N2O9.C3H6S/c1-38-19-7-8-20-21-9-10-35-16-18-13-27(44-32(36)17-11-25(39-2)30(41-4)26(12-17)40-3)31(42-5)28(33(37)43-6)22(18)15-24(35)29(21)34-23(20)14-19;1-2-4-3-1/h7-8,11-12,14,18,22,24,27-28,31,34H,9-10,13,15-16H2,1-6H3;1-3H2/t18-,22+,24-,27-,28+,31+;/m1./s1. The third-order valence-corrected chi connectivity index (χ3v) is 11.5. The molecular formula is C36H46N2O9S. The number of H-pyrrole nitrogens is 1. The quantitative estimate of drug-likeness (QED) is 0.312. The van der Waals surface area contributed by atoms with Crippen LogP contribution in [0.2, 0.25) is 0 Å². The van der Waals surface area contributed by atoms with Gasteiger partial charge < -0.3 is 38.1 Å². The fraction of sp³-hybridized carbons (Fsp3) is 0.556. The molecule has 12 heteroatoms. The van der Waals surface area contributed by atoms with Crippen LogP contribution in [-0.4, -0.2) is 101 Å². The fourth-order valence-electron chi connectivity index (χ4n) is 7.91. The molecule has 1 aliphatic carbocycles. The molecule has 0 amide bonds. The van der Waals surface area contributed by atoms with Gasteiger partial charge in [-0.3, -0.25) is 9.69 Å². The average molecular weight is 683 g/mol. The molecule has 1 saturated carbocycles. The van der Waals surface area contributed by atoms with Gasteiger partial charge in [0.2, 0.25) is 5.75 Å². The van der Waals surface area contributed by atoms with Gasteiger partial charge in [-0.25, -0.2) is 4.79 Å². The minimum absolute atomic E-state index is 0.0170. The lowest BCUT2D eigenvalue weighted by Gasteiger charge is -2.52. The van der Waals surface area contributed by atoms with Crippen molar-refractivity contribution in [2.75, 3.05) is 67.3 Å².